The van der Waals surface area contributed by atoms with Crippen molar-refractivity contribution in [3.05, 3.63) is 32.2 Å². The molecular weight excluding hydrogens is 350 g/mol. The van der Waals surface area contributed by atoms with E-state index in [1.807, 2.05) is 18.2 Å². The molecule has 0 aliphatic carbocycles. The van der Waals surface area contributed by atoms with E-state index in [1.165, 1.54) is 9.13 Å². The zero-order valence-electron chi connectivity index (χ0n) is 16.2. The van der Waals surface area contributed by atoms with Crippen molar-refractivity contribution >= 4 is 16.9 Å². The van der Waals surface area contributed by atoms with Crippen LogP contribution in [0.4, 0.5) is 0 Å². The Kier molecular flexibility index (Phi) is 4.43. The number of methoxy groups -OCH3 is 1. The third-order valence-corrected chi connectivity index (χ3v) is 5.56. The number of imidazole rings is 2. The van der Waals surface area contributed by atoms with Gasteiger partial charge in [-0.25, -0.2) is 4.79 Å². The topological polar surface area (TPSA) is 84.7 Å². The van der Waals surface area contributed by atoms with Crippen molar-refractivity contribution in [2.45, 2.75) is 45.9 Å². The van der Waals surface area contributed by atoms with E-state index in [4.69, 9.17) is 9.47 Å². The second-order valence-corrected chi connectivity index (χ2v) is 7.13. The molecule has 0 bridgehead atoms. The molecule has 0 saturated carbocycles. The first-order valence-corrected chi connectivity index (χ1v) is 9.24. The summed E-state index contributed by atoms with van der Waals surface area (Å²) in [6.45, 7) is 5.98. The molecule has 1 saturated heterocycles. The molecule has 0 amide bonds. The number of fused-ring (bicyclic) bond motifs is 3. The maximum atomic E-state index is 13.1. The first-order valence-electron chi connectivity index (χ1n) is 9.24. The summed E-state index contributed by atoms with van der Waals surface area (Å²) >= 11 is 0. The number of hydrogen-bond donors (Lipinski definition) is 0. The van der Waals surface area contributed by atoms with E-state index in [1.54, 1.807) is 14.2 Å². The van der Waals surface area contributed by atoms with Crippen molar-refractivity contribution in [1.82, 2.24) is 23.1 Å². The average molecular weight is 375 g/mol. The Bertz CT molecular complexity index is 1130. The molecule has 1 aliphatic heterocycles. The summed E-state index contributed by atoms with van der Waals surface area (Å²) in [5.41, 5.74) is 2.10. The van der Waals surface area contributed by atoms with Crippen LogP contribution in [-0.2, 0) is 29.6 Å². The minimum atomic E-state index is -0.384. The maximum absolute atomic E-state index is 13.1. The van der Waals surface area contributed by atoms with Gasteiger partial charge in [-0.15, -0.1) is 0 Å². The molecule has 1 aliphatic rings. The monoisotopic (exact) mass is 375 g/mol. The number of aromatic nitrogens is 5. The summed E-state index contributed by atoms with van der Waals surface area (Å²) < 4.78 is 17.4. The Hall–Kier alpha value is -2.39. The smallest absolute Gasteiger partial charge is 0.332 e. The molecule has 3 aromatic heterocycles. The molecule has 3 aromatic rings. The van der Waals surface area contributed by atoms with Gasteiger partial charge in [0.05, 0.1) is 25.8 Å². The minimum Gasteiger partial charge on any atom is -0.383 e. The van der Waals surface area contributed by atoms with Gasteiger partial charge in [0.15, 0.2) is 11.2 Å². The number of ether oxygens (including phenoxy) is 2. The summed E-state index contributed by atoms with van der Waals surface area (Å²) in [7, 11) is 3.19. The SMILES string of the molecule is COCCn1c(=O)c2c(nc3n(C[C@H]4CCCO4)c(C)c(C)n23)n(C)c1=O. The van der Waals surface area contributed by atoms with Gasteiger partial charge in [-0.3, -0.25) is 18.3 Å². The highest BCUT2D eigenvalue weighted by Crippen LogP contribution is 2.23. The minimum absolute atomic E-state index is 0.154. The molecule has 1 fully saturated rings. The number of hydrogen-bond acceptors (Lipinski definition) is 5. The van der Waals surface area contributed by atoms with Crippen molar-refractivity contribution in [3.8, 4) is 0 Å². The third kappa shape index (κ3) is 2.64. The lowest BCUT2D eigenvalue weighted by atomic mass is 10.2. The maximum Gasteiger partial charge on any atom is 0.332 e. The van der Waals surface area contributed by atoms with Crippen LogP contribution in [0, 0.1) is 13.8 Å². The van der Waals surface area contributed by atoms with Gasteiger partial charge in [-0.2, -0.15) is 4.98 Å². The molecule has 0 radical (unpaired) electrons. The first-order chi connectivity index (χ1) is 13.0. The van der Waals surface area contributed by atoms with E-state index >= 15 is 0 Å². The molecule has 0 N–H and O–H groups in total. The predicted octanol–water partition coefficient (Wildman–Crippen LogP) is 0.592. The highest BCUT2D eigenvalue weighted by molar-refractivity contribution is 5.76. The quantitative estimate of drug-likeness (QED) is 0.652. The van der Waals surface area contributed by atoms with Crippen LogP contribution in [-0.4, -0.2) is 49.5 Å². The lowest BCUT2D eigenvalue weighted by Gasteiger charge is -2.12. The summed E-state index contributed by atoms with van der Waals surface area (Å²) in [4.78, 5) is 30.4. The van der Waals surface area contributed by atoms with E-state index in [0.29, 0.717) is 30.1 Å². The van der Waals surface area contributed by atoms with Gasteiger partial charge in [0, 0.05) is 32.2 Å². The lowest BCUT2D eigenvalue weighted by molar-refractivity contribution is 0.0974. The first kappa shape index (κ1) is 18.0. The van der Waals surface area contributed by atoms with E-state index in [-0.39, 0.29) is 23.9 Å². The van der Waals surface area contributed by atoms with Crippen LogP contribution in [0.3, 0.4) is 0 Å². The van der Waals surface area contributed by atoms with Crippen LogP contribution in [0.15, 0.2) is 9.59 Å². The van der Waals surface area contributed by atoms with Gasteiger partial charge in [0.1, 0.15) is 0 Å². The largest absolute Gasteiger partial charge is 0.383 e. The highest BCUT2D eigenvalue weighted by atomic mass is 16.5. The molecule has 0 unspecified atom stereocenters. The van der Waals surface area contributed by atoms with Gasteiger partial charge >= 0.3 is 5.69 Å². The van der Waals surface area contributed by atoms with Gasteiger partial charge in [0.2, 0.25) is 5.78 Å². The van der Waals surface area contributed by atoms with Crippen LogP contribution in [0.1, 0.15) is 24.2 Å². The lowest BCUT2D eigenvalue weighted by Crippen LogP contribution is -2.40. The number of nitrogens with zero attached hydrogens (tertiary/aromatic N) is 5. The van der Waals surface area contributed by atoms with Crippen LogP contribution in [0.2, 0.25) is 0 Å². The van der Waals surface area contributed by atoms with Crippen LogP contribution in [0.5, 0.6) is 0 Å². The molecule has 146 valence electrons. The fourth-order valence-corrected chi connectivity index (χ4v) is 3.91. The summed E-state index contributed by atoms with van der Waals surface area (Å²) in [6.07, 6.45) is 2.24. The molecule has 4 heterocycles. The van der Waals surface area contributed by atoms with E-state index < -0.39 is 0 Å². The number of rotatable bonds is 5. The Balaban J connectivity index is 1.99. The Labute approximate surface area is 155 Å². The van der Waals surface area contributed by atoms with Gasteiger partial charge in [-0.1, -0.05) is 0 Å². The molecule has 1 atom stereocenters. The zero-order chi connectivity index (χ0) is 19.3. The predicted molar refractivity (Wildman–Crippen MR) is 101 cm³/mol. The van der Waals surface area contributed by atoms with Gasteiger partial charge < -0.3 is 14.0 Å². The normalized spacial score (nSPS) is 17.6. The fourth-order valence-electron chi connectivity index (χ4n) is 3.91. The van der Waals surface area contributed by atoms with Crippen LogP contribution in [0.25, 0.3) is 16.9 Å². The van der Waals surface area contributed by atoms with Crippen molar-refractivity contribution in [3.63, 3.8) is 0 Å². The average Bonchev–Trinajstić information content (AvgIpc) is 3.35. The molecule has 0 spiro atoms. The summed E-state index contributed by atoms with van der Waals surface area (Å²) in [5, 5.41) is 0. The van der Waals surface area contributed by atoms with Crippen molar-refractivity contribution in [1.29, 1.82) is 0 Å². The van der Waals surface area contributed by atoms with Gasteiger partial charge in [0.25, 0.3) is 5.56 Å². The molecule has 4 rings (SSSR count). The molecule has 0 aromatic carbocycles. The Morgan fingerprint density at radius 2 is 2.00 bits per heavy atom. The van der Waals surface area contributed by atoms with Crippen molar-refractivity contribution < 1.29 is 9.47 Å². The standard InChI is InChI=1S/C18H25N5O4/c1-11-12(2)23-14-15(19-17(23)22(11)10-13-6-5-8-27-13)20(3)18(25)21(16(14)24)7-9-26-4/h13H,5-10H2,1-4H3/t13-/m1/s1. The van der Waals surface area contributed by atoms with Gasteiger partial charge in [-0.05, 0) is 26.7 Å². The highest BCUT2D eigenvalue weighted by Gasteiger charge is 2.25. The second-order valence-electron chi connectivity index (χ2n) is 7.13. The molecular formula is C18H25N5O4. The Morgan fingerprint density at radius 1 is 1.22 bits per heavy atom. The summed E-state index contributed by atoms with van der Waals surface area (Å²) in [6, 6.07) is 0. The zero-order valence-corrected chi connectivity index (χ0v) is 16.2. The van der Waals surface area contributed by atoms with Crippen LogP contribution >= 0.6 is 0 Å². The summed E-state index contributed by atoms with van der Waals surface area (Å²) in [5.74, 6) is 0.673. The van der Waals surface area contributed by atoms with E-state index in [2.05, 4.69) is 9.55 Å². The van der Waals surface area contributed by atoms with Crippen molar-refractivity contribution in [2.75, 3.05) is 20.3 Å². The Morgan fingerprint density at radius 3 is 2.67 bits per heavy atom. The van der Waals surface area contributed by atoms with E-state index in [9.17, 15) is 9.59 Å². The third-order valence-electron chi connectivity index (χ3n) is 5.56. The van der Waals surface area contributed by atoms with Crippen molar-refractivity contribution in [2.24, 2.45) is 7.05 Å². The molecule has 27 heavy (non-hydrogen) atoms. The molecule has 9 heteroatoms. The number of aryl methyl sites for hydroxylation is 2. The fraction of sp³-hybridized carbons (Fsp3) is 0.611. The van der Waals surface area contributed by atoms with Crippen LogP contribution < -0.4 is 11.2 Å². The second kappa shape index (κ2) is 6.65. The molecule has 9 nitrogen and oxygen atoms in total. The van der Waals surface area contributed by atoms with E-state index in [0.717, 1.165) is 30.8 Å².